The van der Waals surface area contributed by atoms with Crippen LogP contribution in [0.25, 0.3) is 10.9 Å². The van der Waals surface area contributed by atoms with Crippen molar-refractivity contribution in [2.24, 2.45) is 5.73 Å². The number of carbonyl (C=O) groups is 5. The van der Waals surface area contributed by atoms with E-state index in [1.165, 1.54) is 0 Å². The molecule has 0 aliphatic carbocycles. The predicted molar refractivity (Wildman–Crippen MR) is 138 cm³/mol. The Morgan fingerprint density at radius 1 is 0.889 bits per heavy atom. The van der Waals surface area contributed by atoms with Gasteiger partial charge in [0, 0.05) is 41.4 Å². The maximum absolute atomic E-state index is 13.2. The van der Waals surface area contributed by atoms with Gasteiger partial charge in [0.25, 0.3) is 0 Å². The summed E-state index contributed by atoms with van der Waals surface area (Å²) in [6, 6.07) is 2.51. The minimum absolute atomic E-state index is 0.0303. The van der Waals surface area contributed by atoms with Gasteiger partial charge < -0.3 is 36.9 Å². The second kappa shape index (κ2) is 13.8. The Morgan fingerprint density at radius 3 is 2.08 bits per heavy atom. The van der Waals surface area contributed by atoms with Crippen LogP contribution in [0.4, 0.5) is 0 Å². The van der Waals surface area contributed by atoms with E-state index in [-0.39, 0.29) is 30.8 Å². The van der Waals surface area contributed by atoms with Crippen LogP contribution in [0.1, 0.15) is 18.4 Å². The van der Waals surface area contributed by atoms with Crippen LogP contribution in [-0.2, 0) is 30.4 Å². The minimum Gasteiger partial charge on any atom is -0.481 e. The Hall–Kier alpha value is -3.23. The summed E-state index contributed by atoms with van der Waals surface area (Å²) in [6.07, 6.45) is 1.26. The number of nitrogens with two attached hydrogens (primary N) is 1. The molecule has 1 aromatic heterocycles. The summed E-state index contributed by atoms with van der Waals surface area (Å²) < 4.78 is 0. The number of amides is 3. The van der Waals surface area contributed by atoms with Crippen LogP contribution in [0, 0.1) is 0 Å². The van der Waals surface area contributed by atoms with Crippen LogP contribution in [0.3, 0.4) is 0 Å². The van der Waals surface area contributed by atoms with E-state index in [0.29, 0.717) is 5.56 Å². The van der Waals surface area contributed by atoms with Gasteiger partial charge in [0.05, 0.1) is 6.04 Å². The summed E-state index contributed by atoms with van der Waals surface area (Å²) in [5, 5.41) is 26.1. The standard InChI is InChI=1S/C22H29N5O7S2/c23-13(5-6-18(28)29)19(30)25-15(7-11-8-24-14-4-2-1-3-12(11)14)20(31)26-16(9-35)21(32)27-17(10-36)22(33)34/h1-4,8,13,15-17,24,35-36H,5-7,9-10,23H2,(H,25,30)(H,26,31)(H,27,32)(H,28,29)(H,33,34). The minimum atomic E-state index is -1.29. The number of carbonyl (C=O) groups excluding carboxylic acids is 3. The first-order valence-corrected chi connectivity index (χ1v) is 12.2. The van der Waals surface area contributed by atoms with Crippen LogP contribution in [0.5, 0.6) is 0 Å². The van der Waals surface area contributed by atoms with Gasteiger partial charge in [-0.1, -0.05) is 18.2 Å². The first-order chi connectivity index (χ1) is 17.1. The Kier molecular flexibility index (Phi) is 11.1. The number of carboxylic acids is 2. The van der Waals surface area contributed by atoms with Crippen LogP contribution in [0.2, 0.25) is 0 Å². The topological polar surface area (TPSA) is 204 Å². The molecular weight excluding hydrogens is 510 g/mol. The van der Waals surface area contributed by atoms with Crippen molar-refractivity contribution in [1.82, 2.24) is 20.9 Å². The number of hydrogen-bond acceptors (Lipinski definition) is 8. The van der Waals surface area contributed by atoms with E-state index in [2.05, 4.69) is 46.2 Å². The fraction of sp³-hybridized carbons (Fsp3) is 0.409. The predicted octanol–water partition coefficient (Wildman–Crippen LogP) is -0.699. The largest absolute Gasteiger partial charge is 0.481 e. The smallest absolute Gasteiger partial charge is 0.327 e. The molecule has 196 valence electrons. The van der Waals surface area contributed by atoms with Crippen LogP contribution in [-0.4, -0.2) is 80.5 Å². The number of hydrogen-bond donors (Lipinski definition) is 9. The van der Waals surface area contributed by atoms with Crippen molar-refractivity contribution in [2.45, 2.75) is 43.4 Å². The molecule has 0 spiro atoms. The third-order valence-electron chi connectivity index (χ3n) is 5.35. The maximum Gasteiger partial charge on any atom is 0.327 e. The molecule has 1 heterocycles. The molecule has 4 unspecified atom stereocenters. The number of thiol groups is 2. The highest BCUT2D eigenvalue weighted by Gasteiger charge is 2.30. The lowest BCUT2D eigenvalue weighted by Crippen LogP contribution is -2.58. The summed E-state index contributed by atoms with van der Waals surface area (Å²) in [5.74, 6) is -4.97. The van der Waals surface area contributed by atoms with E-state index in [9.17, 15) is 24.0 Å². The molecule has 0 fully saturated rings. The van der Waals surface area contributed by atoms with Gasteiger partial charge in [-0.25, -0.2) is 4.79 Å². The lowest BCUT2D eigenvalue weighted by Gasteiger charge is -2.24. The van der Waals surface area contributed by atoms with Crippen molar-refractivity contribution in [2.75, 3.05) is 11.5 Å². The molecular formula is C22H29N5O7S2. The van der Waals surface area contributed by atoms with Gasteiger partial charge >= 0.3 is 11.9 Å². The Morgan fingerprint density at radius 2 is 1.47 bits per heavy atom. The molecule has 1 aromatic carbocycles. The van der Waals surface area contributed by atoms with Crippen molar-refractivity contribution in [3.05, 3.63) is 36.0 Å². The number of H-pyrrole nitrogens is 1. The van der Waals surface area contributed by atoms with Gasteiger partial charge in [0.1, 0.15) is 18.1 Å². The molecule has 14 heteroatoms. The number of para-hydroxylation sites is 1. The molecule has 0 saturated heterocycles. The molecule has 2 aromatic rings. The third-order valence-corrected chi connectivity index (χ3v) is 6.08. The van der Waals surface area contributed by atoms with Gasteiger partial charge in [-0.05, 0) is 18.1 Å². The maximum atomic E-state index is 13.2. The number of nitrogens with one attached hydrogen (secondary N) is 4. The SMILES string of the molecule is NC(CCC(=O)O)C(=O)NC(Cc1c[nH]c2ccccc12)C(=O)NC(CS)C(=O)NC(CS)C(=O)O. The molecule has 8 N–H and O–H groups in total. The summed E-state index contributed by atoms with van der Waals surface area (Å²) in [4.78, 5) is 63.4. The van der Waals surface area contributed by atoms with Crippen LogP contribution >= 0.6 is 25.3 Å². The number of aromatic amines is 1. The number of aliphatic carboxylic acids is 2. The lowest BCUT2D eigenvalue weighted by atomic mass is 10.0. The summed E-state index contributed by atoms with van der Waals surface area (Å²) in [7, 11) is 0. The third kappa shape index (κ3) is 8.17. The van der Waals surface area contributed by atoms with Crippen molar-refractivity contribution < 1.29 is 34.2 Å². The quantitative estimate of drug-likeness (QED) is 0.140. The zero-order chi connectivity index (χ0) is 26.8. The number of rotatable bonds is 14. The average molecular weight is 540 g/mol. The fourth-order valence-electron chi connectivity index (χ4n) is 3.34. The van der Waals surface area contributed by atoms with Crippen LogP contribution < -0.4 is 21.7 Å². The molecule has 0 saturated carbocycles. The normalized spacial score (nSPS) is 14.3. The molecule has 0 aliphatic rings. The van der Waals surface area contributed by atoms with E-state index in [4.69, 9.17) is 15.9 Å². The van der Waals surface area contributed by atoms with Crippen molar-refractivity contribution in [3.8, 4) is 0 Å². The van der Waals surface area contributed by atoms with Gasteiger partial charge in [-0.2, -0.15) is 25.3 Å². The van der Waals surface area contributed by atoms with Gasteiger partial charge in [0.2, 0.25) is 17.7 Å². The number of fused-ring (bicyclic) bond motifs is 1. The Bertz CT molecular complexity index is 1110. The zero-order valence-electron chi connectivity index (χ0n) is 19.1. The van der Waals surface area contributed by atoms with Gasteiger partial charge in [0.15, 0.2) is 0 Å². The highest BCUT2D eigenvalue weighted by molar-refractivity contribution is 7.80. The molecule has 2 rings (SSSR count). The lowest BCUT2D eigenvalue weighted by molar-refractivity contribution is -0.141. The average Bonchev–Trinajstić information content (AvgIpc) is 3.25. The van der Waals surface area contributed by atoms with E-state index in [1.807, 2.05) is 24.3 Å². The zero-order valence-corrected chi connectivity index (χ0v) is 20.9. The fourth-order valence-corrected chi connectivity index (χ4v) is 3.85. The Balaban J connectivity index is 2.22. The first kappa shape index (κ1) is 29.0. The molecule has 4 atom stereocenters. The van der Waals surface area contributed by atoms with Crippen molar-refractivity contribution in [3.63, 3.8) is 0 Å². The second-order valence-corrected chi connectivity index (χ2v) is 8.72. The molecule has 0 aliphatic heterocycles. The van der Waals surface area contributed by atoms with Gasteiger partial charge in [-0.3, -0.25) is 19.2 Å². The van der Waals surface area contributed by atoms with Crippen molar-refractivity contribution in [1.29, 1.82) is 0 Å². The molecule has 36 heavy (non-hydrogen) atoms. The molecule has 3 amide bonds. The van der Waals surface area contributed by atoms with Gasteiger partial charge in [-0.15, -0.1) is 0 Å². The monoisotopic (exact) mass is 539 g/mol. The molecule has 0 bridgehead atoms. The van der Waals surface area contributed by atoms with E-state index < -0.39 is 53.8 Å². The summed E-state index contributed by atoms with van der Waals surface area (Å²) >= 11 is 7.97. The van der Waals surface area contributed by atoms with E-state index in [0.717, 1.165) is 10.9 Å². The number of benzene rings is 1. The molecule has 0 radical (unpaired) electrons. The highest BCUT2D eigenvalue weighted by Crippen LogP contribution is 2.19. The number of aromatic nitrogens is 1. The number of carboxylic acid groups (broad SMARTS) is 2. The van der Waals surface area contributed by atoms with E-state index >= 15 is 0 Å². The van der Waals surface area contributed by atoms with Crippen LogP contribution in [0.15, 0.2) is 30.5 Å². The highest BCUT2D eigenvalue weighted by atomic mass is 32.1. The van der Waals surface area contributed by atoms with Crippen molar-refractivity contribution >= 4 is 65.8 Å². The second-order valence-electron chi connectivity index (χ2n) is 7.99. The molecule has 12 nitrogen and oxygen atoms in total. The first-order valence-electron chi connectivity index (χ1n) is 10.9. The summed E-state index contributed by atoms with van der Waals surface area (Å²) in [5.41, 5.74) is 7.32. The Labute approximate surface area is 217 Å². The summed E-state index contributed by atoms with van der Waals surface area (Å²) in [6.45, 7) is 0. The van der Waals surface area contributed by atoms with E-state index in [1.54, 1.807) is 6.20 Å².